The lowest BCUT2D eigenvalue weighted by Gasteiger charge is -2.17. The first-order valence-electron chi connectivity index (χ1n) is 8.41. The van der Waals surface area contributed by atoms with Gasteiger partial charge in [-0.1, -0.05) is 30.3 Å². The number of amides is 1. The van der Waals surface area contributed by atoms with Crippen molar-refractivity contribution in [3.05, 3.63) is 52.7 Å². The molecule has 0 bridgehead atoms. The van der Waals surface area contributed by atoms with Crippen LogP contribution in [-0.2, 0) is 20.8 Å². The van der Waals surface area contributed by atoms with Gasteiger partial charge in [-0.25, -0.2) is 0 Å². The van der Waals surface area contributed by atoms with Gasteiger partial charge in [0.05, 0.1) is 25.2 Å². The maximum Gasteiger partial charge on any atom is 0.317 e. The van der Waals surface area contributed by atoms with E-state index in [0.29, 0.717) is 12.0 Å². The van der Waals surface area contributed by atoms with Crippen molar-refractivity contribution in [2.75, 3.05) is 25.0 Å². The zero-order valence-electron chi connectivity index (χ0n) is 15.2. The summed E-state index contributed by atoms with van der Waals surface area (Å²) in [5.74, 6) is -2.90. The number of carbonyl (C=O) groups is 3. The van der Waals surface area contributed by atoms with Gasteiger partial charge in [-0.3, -0.25) is 19.3 Å². The quantitative estimate of drug-likeness (QED) is 0.508. The molecule has 0 atom stereocenters. The maximum absolute atomic E-state index is 12.3. The molecule has 4 N–H and O–H groups in total. The third-order valence-corrected chi connectivity index (χ3v) is 4.04. The molecule has 0 radical (unpaired) electrons. The van der Waals surface area contributed by atoms with E-state index < -0.39 is 37.5 Å². The molecule has 1 heterocycles. The van der Waals surface area contributed by atoms with Crippen molar-refractivity contribution in [3.8, 4) is 6.07 Å². The molecule has 9 nitrogen and oxygen atoms in total. The predicted octanol–water partition coefficient (Wildman–Crippen LogP) is 1.20. The lowest BCUT2D eigenvalue weighted by Crippen LogP contribution is -2.40. The van der Waals surface area contributed by atoms with Crippen LogP contribution in [0.15, 0.2) is 30.3 Å². The highest BCUT2D eigenvalue weighted by Crippen LogP contribution is 2.24. The fraction of sp³-hybridized carbons (Fsp3) is 0.263. The second-order valence-electron chi connectivity index (χ2n) is 6.23. The van der Waals surface area contributed by atoms with Crippen molar-refractivity contribution in [2.24, 2.45) is 0 Å². The van der Waals surface area contributed by atoms with Crippen molar-refractivity contribution in [3.63, 3.8) is 0 Å². The number of nitriles is 1. The molecule has 1 amide bonds. The standard InChI is InChI=1S/C19H20N4O5/c1-12-14(8-20)19(21-15(12)7-13-5-3-2-4-6-13)22-16(24)9-23(10-17(25)26)11-18(27)28/h2-6,21H,7,9-11H2,1H3,(H,22,24)(H,25,26)(H,27,28). The fourth-order valence-corrected chi connectivity index (χ4v) is 2.79. The van der Waals surface area contributed by atoms with E-state index in [0.717, 1.165) is 16.2 Å². The monoisotopic (exact) mass is 384 g/mol. The Bertz CT molecular complexity index is 898. The zero-order chi connectivity index (χ0) is 20.7. The van der Waals surface area contributed by atoms with Crippen molar-refractivity contribution < 1.29 is 24.6 Å². The first-order chi connectivity index (χ1) is 13.3. The van der Waals surface area contributed by atoms with Crippen LogP contribution >= 0.6 is 0 Å². The number of benzene rings is 1. The predicted molar refractivity (Wildman–Crippen MR) is 99.8 cm³/mol. The van der Waals surface area contributed by atoms with E-state index in [9.17, 15) is 19.6 Å². The molecule has 2 rings (SSSR count). The molecule has 0 fully saturated rings. The number of aliphatic carboxylic acids is 2. The molecule has 0 spiro atoms. The molecular formula is C19H20N4O5. The van der Waals surface area contributed by atoms with Crippen molar-refractivity contribution >= 4 is 23.7 Å². The smallest absolute Gasteiger partial charge is 0.317 e. The number of hydrogen-bond acceptors (Lipinski definition) is 5. The maximum atomic E-state index is 12.3. The number of anilines is 1. The van der Waals surface area contributed by atoms with E-state index in [1.165, 1.54) is 0 Å². The number of nitrogens with one attached hydrogen (secondary N) is 2. The Kier molecular flexibility index (Phi) is 6.90. The molecule has 0 saturated carbocycles. The summed E-state index contributed by atoms with van der Waals surface area (Å²) in [6, 6.07) is 11.6. The highest BCUT2D eigenvalue weighted by atomic mass is 16.4. The lowest BCUT2D eigenvalue weighted by molar-refractivity contribution is -0.142. The van der Waals surface area contributed by atoms with Crippen LogP contribution in [0.3, 0.4) is 0 Å². The summed E-state index contributed by atoms with van der Waals surface area (Å²) in [4.78, 5) is 37.9. The van der Waals surface area contributed by atoms with E-state index in [1.807, 2.05) is 36.4 Å². The molecule has 2 aromatic rings. The van der Waals surface area contributed by atoms with Crippen LogP contribution in [0.1, 0.15) is 22.4 Å². The first kappa shape index (κ1) is 20.7. The fourth-order valence-electron chi connectivity index (χ4n) is 2.79. The van der Waals surface area contributed by atoms with Crippen LogP contribution < -0.4 is 5.32 Å². The van der Waals surface area contributed by atoms with Crippen molar-refractivity contribution in [1.29, 1.82) is 5.26 Å². The third kappa shape index (κ3) is 5.69. The number of aromatic nitrogens is 1. The number of hydrogen-bond donors (Lipinski definition) is 4. The highest BCUT2D eigenvalue weighted by Gasteiger charge is 2.20. The molecule has 9 heteroatoms. The van der Waals surface area contributed by atoms with Crippen LogP contribution in [0.25, 0.3) is 0 Å². The summed E-state index contributed by atoms with van der Waals surface area (Å²) in [6.07, 6.45) is 0.543. The molecule has 146 valence electrons. The molecule has 0 aliphatic carbocycles. The van der Waals surface area contributed by atoms with Gasteiger partial charge in [0.1, 0.15) is 11.9 Å². The second kappa shape index (κ2) is 9.34. The molecule has 0 aliphatic heterocycles. The minimum atomic E-state index is -1.24. The van der Waals surface area contributed by atoms with Gasteiger partial charge < -0.3 is 20.5 Å². The Hall–Kier alpha value is -3.64. The molecule has 1 aromatic carbocycles. The average molecular weight is 384 g/mol. The van der Waals surface area contributed by atoms with E-state index in [-0.39, 0.29) is 11.4 Å². The molecule has 0 aliphatic rings. The first-order valence-corrected chi connectivity index (χ1v) is 8.41. The number of rotatable bonds is 9. The Morgan fingerprint density at radius 3 is 2.25 bits per heavy atom. The van der Waals surface area contributed by atoms with Gasteiger partial charge in [0.15, 0.2) is 0 Å². The summed E-state index contributed by atoms with van der Waals surface area (Å²) < 4.78 is 0. The summed E-state index contributed by atoms with van der Waals surface area (Å²) in [5, 5.41) is 29.7. The number of carboxylic acids is 2. The molecule has 28 heavy (non-hydrogen) atoms. The Morgan fingerprint density at radius 2 is 1.71 bits per heavy atom. The zero-order valence-corrected chi connectivity index (χ0v) is 15.2. The number of H-pyrrole nitrogens is 1. The molecule has 1 aromatic heterocycles. The van der Waals surface area contributed by atoms with Gasteiger partial charge in [0.2, 0.25) is 5.91 Å². The van der Waals surface area contributed by atoms with Gasteiger partial charge in [0, 0.05) is 12.1 Å². The van der Waals surface area contributed by atoms with Crippen molar-refractivity contribution in [2.45, 2.75) is 13.3 Å². The third-order valence-electron chi connectivity index (χ3n) is 4.04. The van der Waals surface area contributed by atoms with E-state index >= 15 is 0 Å². The number of carboxylic acid groups (broad SMARTS) is 2. The van der Waals surface area contributed by atoms with Crippen LogP contribution in [0.4, 0.5) is 5.82 Å². The lowest BCUT2D eigenvalue weighted by atomic mass is 10.1. The van der Waals surface area contributed by atoms with Crippen LogP contribution in [0.5, 0.6) is 0 Å². The molecule has 0 saturated heterocycles. The van der Waals surface area contributed by atoms with Crippen LogP contribution in [0, 0.1) is 18.3 Å². The van der Waals surface area contributed by atoms with Gasteiger partial charge in [-0.2, -0.15) is 5.26 Å². The van der Waals surface area contributed by atoms with Gasteiger partial charge in [-0.15, -0.1) is 0 Å². The highest BCUT2D eigenvalue weighted by molar-refractivity contribution is 5.93. The normalized spacial score (nSPS) is 10.5. The average Bonchev–Trinajstić information content (AvgIpc) is 2.89. The summed E-state index contributed by atoms with van der Waals surface area (Å²) >= 11 is 0. The minimum Gasteiger partial charge on any atom is -0.480 e. The van der Waals surface area contributed by atoms with E-state index in [4.69, 9.17) is 10.2 Å². The van der Waals surface area contributed by atoms with E-state index in [1.54, 1.807) is 6.92 Å². The molecule has 0 unspecified atom stereocenters. The summed E-state index contributed by atoms with van der Waals surface area (Å²) in [7, 11) is 0. The van der Waals surface area contributed by atoms with Gasteiger partial charge >= 0.3 is 11.9 Å². The largest absolute Gasteiger partial charge is 0.480 e. The topological polar surface area (TPSA) is 147 Å². The van der Waals surface area contributed by atoms with E-state index in [2.05, 4.69) is 10.3 Å². The van der Waals surface area contributed by atoms with Crippen LogP contribution in [-0.4, -0.2) is 57.6 Å². The van der Waals surface area contributed by atoms with Crippen molar-refractivity contribution in [1.82, 2.24) is 9.88 Å². The van der Waals surface area contributed by atoms with Gasteiger partial charge in [0.25, 0.3) is 0 Å². The second-order valence-corrected chi connectivity index (χ2v) is 6.23. The number of nitrogens with zero attached hydrogens (tertiary/aromatic N) is 2. The molecular weight excluding hydrogens is 364 g/mol. The summed E-state index contributed by atoms with van der Waals surface area (Å²) in [6.45, 7) is 0.154. The Balaban J connectivity index is 2.14. The number of aromatic amines is 1. The Morgan fingerprint density at radius 1 is 1.11 bits per heavy atom. The Labute approximate surface area is 161 Å². The van der Waals surface area contributed by atoms with Crippen LogP contribution in [0.2, 0.25) is 0 Å². The number of carbonyl (C=O) groups excluding carboxylic acids is 1. The van der Waals surface area contributed by atoms with Gasteiger partial charge in [-0.05, 0) is 18.1 Å². The minimum absolute atomic E-state index is 0.210. The summed E-state index contributed by atoms with van der Waals surface area (Å²) in [5.41, 5.74) is 2.78. The SMILES string of the molecule is Cc1c(Cc2ccccc2)[nH]c(NC(=O)CN(CC(=O)O)CC(=O)O)c1C#N.